The first kappa shape index (κ1) is 14.0. The highest BCUT2D eigenvalue weighted by molar-refractivity contribution is 7.89. The van der Waals surface area contributed by atoms with E-state index in [-0.39, 0.29) is 16.0 Å². The van der Waals surface area contributed by atoms with Gasteiger partial charge in [0.05, 0.1) is 11.1 Å². The molecule has 3 rings (SSSR count). The van der Waals surface area contributed by atoms with Gasteiger partial charge in [0, 0.05) is 18.9 Å². The zero-order valence-electron chi connectivity index (χ0n) is 10.6. The van der Waals surface area contributed by atoms with E-state index < -0.39 is 10.0 Å². The Morgan fingerprint density at radius 1 is 1.40 bits per heavy atom. The van der Waals surface area contributed by atoms with Crippen LogP contribution in [0.15, 0.2) is 40.2 Å². The molecule has 106 valence electrons. The molecule has 0 amide bonds. The summed E-state index contributed by atoms with van der Waals surface area (Å²) in [5.74, 6) is 0. The molecule has 1 aliphatic heterocycles. The number of hydrogen-bond donors (Lipinski definition) is 0. The molecule has 3 heterocycles. The van der Waals surface area contributed by atoms with Gasteiger partial charge in [-0.2, -0.15) is 15.6 Å². The average molecular weight is 329 g/mol. The molecule has 1 fully saturated rings. The van der Waals surface area contributed by atoms with E-state index in [0.29, 0.717) is 6.54 Å². The minimum atomic E-state index is -3.60. The van der Waals surface area contributed by atoms with Crippen LogP contribution in [0, 0.1) is 0 Å². The summed E-state index contributed by atoms with van der Waals surface area (Å²) in [4.78, 5) is 3.97. The Morgan fingerprint density at radius 2 is 2.25 bits per heavy atom. The van der Waals surface area contributed by atoms with Crippen molar-refractivity contribution in [3.05, 3.63) is 45.9 Å². The lowest BCUT2D eigenvalue weighted by Crippen LogP contribution is -2.30. The van der Waals surface area contributed by atoms with Crippen LogP contribution in [0.25, 0.3) is 0 Å². The molecule has 7 heteroatoms. The Kier molecular flexibility index (Phi) is 3.81. The van der Waals surface area contributed by atoms with Crippen molar-refractivity contribution in [3.8, 4) is 0 Å². The zero-order valence-corrected chi connectivity index (χ0v) is 13.0. The van der Waals surface area contributed by atoms with E-state index in [0.717, 1.165) is 18.4 Å². The van der Waals surface area contributed by atoms with Crippen molar-refractivity contribution in [1.82, 2.24) is 9.29 Å². The number of aromatic nitrogens is 1. The van der Waals surface area contributed by atoms with E-state index in [1.54, 1.807) is 11.3 Å². The van der Waals surface area contributed by atoms with E-state index in [4.69, 9.17) is 11.6 Å². The zero-order chi connectivity index (χ0) is 14.2. The normalized spacial score (nSPS) is 20.4. The first-order chi connectivity index (χ1) is 9.60. The van der Waals surface area contributed by atoms with E-state index in [9.17, 15) is 8.42 Å². The SMILES string of the molecule is O=S(=O)(c1cnccc1Cl)N1CCCC1c1ccsc1. The fourth-order valence-electron chi connectivity index (χ4n) is 2.50. The summed E-state index contributed by atoms with van der Waals surface area (Å²) in [7, 11) is -3.60. The second kappa shape index (κ2) is 5.44. The topological polar surface area (TPSA) is 50.3 Å². The van der Waals surface area contributed by atoms with Gasteiger partial charge in [-0.15, -0.1) is 0 Å². The van der Waals surface area contributed by atoms with Gasteiger partial charge in [0.2, 0.25) is 10.0 Å². The molecule has 1 saturated heterocycles. The summed E-state index contributed by atoms with van der Waals surface area (Å²) in [6, 6.07) is 3.39. The van der Waals surface area contributed by atoms with Gasteiger partial charge in [-0.1, -0.05) is 11.6 Å². The van der Waals surface area contributed by atoms with Crippen LogP contribution in [-0.2, 0) is 10.0 Å². The van der Waals surface area contributed by atoms with Gasteiger partial charge in [0.1, 0.15) is 4.90 Å². The molecular weight excluding hydrogens is 316 g/mol. The highest BCUT2D eigenvalue weighted by Crippen LogP contribution is 2.38. The standard InChI is InChI=1S/C13H13ClN2O2S2/c14-11-3-5-15-8-13(11)20(17,18)16-6-1-2-12(16)10-4-7-19-9-10/h3-5,7-9,12H,1-2,6H2. The first-order valence-electron chi connectivity index (χ1n) is 6.24. The number of thiophene rings is 1. The minimum absolute atomic E-state index is 0.0868. The van der Waals surface area contributed by atoms with Gasteiger partial charge in [-0.3, -0.25) is 4.98 Å². The molecule has 1 aliphatic rings. The minimum Gasteiger partial charge on any atom is -0.263 e. The van der Waals surface area contributed by atoms with Crippen LogP contribution >= 0.6 is 22.9 Å². The Morgan fingerprint density at radius 3 is 2.95 bits per heavy atom. The van der Waals surface area contributed by atoms with Crippen molar-refractivity contribution in [2.24, 2.45) is 0 Å². The van der Waals surface area contributed by atoms with Gasteiger partial charge in [-0.25, -0.2) is 8.42 Å². The quantitative estimate of drug-likeness (QED) is 0.868. The maximum absolute atomic E-state index is 12.8. The van der Waals surface area contributed by atoms with Crippen LogP contribution in [0.1, 0.15) is 24.4 Å². The predicted octanol–water partition coefficient (Wildman–Crippen LogP) is 3.32. The Labute approximate surface area is 127 Å². The summed E-state index contributed by atoms with van der Waals surface area (Å²) < 4.78 is 27.1. The van der Waals surface area contributed by atoms with Crippen molar-refractivity contribution in [1.29, 1.82) is 0 Å². The lowest BCUT2D eigenvalue weighted by atomic mass is 10.1. The molecular formula is C13H13ClN2O2S2. The average Bonchev–Trinajstić information content (AvgIpc) is 3.10. The Balaban J connectivity index is 2.01. The Bertz CT molecular complexity index is 701. The van der Waals surface area contributed by atoms with Gasteiger partial charge < -0.3 is 0 Å². The number of rotatable bonds is 3. The lowest BCUT2D eigenvalue weighted by Gasteiger charge is -2.23. The van der Waals surface area contributed by atoms with E-state index in [1.807, 2.05) is 16.8 Å². The number of nitrogens with zero attached hydrogens (tertiary/aromatic N) is 2. The van der Waals surface area contributed by atoms with Crippen LogP contribution < -0.4 is 0 Å². The van der Waals surface area contributed by atoms with E-state index in [1.165, 1.54) is 22.8 Å². The smallest absolute Gasteiger partial charge is 0.246 e. The fraction of sp³-hybridized carbons (Fsp3) is 0.308. The Hall–Kier alpha value is -0.950. The highest BCUT2D eigenvalue weighted by atomic mass is 35.5. The van der Waals surface area contributed by atoms with Crippen molar-refractivity contribution in [3.63, 3.8) is 0 Å². The van der Waals surface area contributed by atoms with Crippen molar-refractivity contribution < 1.29 is 8.42 Å². The fourth-order valence-corrected chi connectivity index (χ4v) is 5.30. The molecule has 0 radical (unpaired) electrons. The molecule has 2 aromatic heterocycles. The highest BCUT2D eigenvalue weighted by Gasteiger charge is 2.37. The molecule has 4 nitrogen and oxygen atoms in total. The van der Waals surface area contributed by atoms with Crippen LogP contribution in [0.2, 0.25) is 5.02 Å². The van der Waals surface area contributed by atoms with Gasteiger partial charge in [0.25, 0.3) is 0 Å². The van der Waals surface area contributed by atoms with Gasteiger partial charge in [0.15, 0.2) is 0 Å². The maximum Gasteiger partial charge on any atom is 0.246 e. The third-order valence-corrected chi connectivity index (χ3v) is 6.53. The predicted molar refractivity (Wildman–Crippen MR) is 79.4 cm³/mol. The maximum atomic E-state index is 12.8. The van der Waals surface area contributed by atoms with Crippen LogP contribution in [0.3, 0.4) is 0 Å². The van der Waals surface area contributed by atoms with Crippen LogP contribution in [-0.4, -0.2) is 24.3 Å². The lowest BCUT2D eigenvalue weighted by molar-refractivity contribution is 0.397. The molecule has 1 atom stereocenters. The molecule has 0 bridgehead atoms. The number of pyridine rings is 1. The van der Waals surface area contributed by atoms with Crippen LogP contribution in [0.5, 0.6) is 0 Å². The molecule has 0 aliphatic carbocycles. The second-order valence-electron chi connectivity index (χ2n) is 4.64. The molecule has 0 spiro atoms. The summed E-state index contributed by atoms with van der Waals surface area (Å²) in [6.45, 7) is 0.522. The molecule has 2 aromatic rings. The monoisotopic (exact) mass is 328 g/mol. The number of hydrogen-bond acceptors (Lipinski definition) is 4. The third-order valence-electron chi connectivity index (χ3n) is 3.45. The van der Waals surface area contributed by atoms with Crippen molar-refractivity contribution >= 4 is 33.0 Å². The van der Waals surface area contributed by atoms with Crippen molar-refractivity contribution in [2.45, 2.75) is 23.8 Å². The molecule has 0 N–H and O–H groups in total. The first-order valence-corrected chi connectivity index (χ1v) is 9.00. The summed E-state index contributed by atoms with van der Waals surface area (Å²) in [6.07, 6.45) is 4.51. The second-order valence-corrected chi connectivity index (χ2v) is 7.68. The summed E-state index contributed by atoms with van der Waals surface area (Å²) in [5, 5.41) is 4.19. The molecule has 1 unspecified atom stereocenters. The third kappa shape index (κ3) is 2.37. The molecule has 0 saturated carbocycles. The largest absolute Gasteiger partial charge is 0.263 e. The van der Waals surface area contributed by atoms with Gasteiger partial charge in [-0.05, 0) is 41.3 Å². The number of sulfonamides is 1. The summed E-state index contributed by atoms with van der Waals surface area (Å²) in [5.41, 5.74) is 1.05. The molecule has 0 aromatic carbocycles. The van der Waals surface area contributed by atoms with Gasteiger partial charge >= 0.3 is 0 Å². The summed E-state index contributed by atoms with van der Waals surface area (Å²) >= 11 is 7.59. The van der Waals surface area contributed by atoms with E-state index in [2.05, 4.69) is 4.98 Å². The molecule has 20 heavy (non-hydrogen) atoms. The van der Waals surface area contributed by atoms with Crippen LogP contribution in [0.4, 0.5) is 0 Å². The van der Waals surface area contributed by atoms with E-state index >= 15 is 0 Å². The number of halogens is 1. The van der Waals surface area contributed by atoms with Crippen molar-refractivity contribution in [2.75, 3.05) is 6.54 Å².